The zero-order chi connectivity index (χ0) is 28.3. The van der Waals surface area contributed by atoms with Crippen LogP contribution in [0.1, 0.15) is 57.5 Å². The van der Waals surface area contributed by atoms with Crippen LogP contribution in [-0.2, 0) is 14.8 Å². The Morgan fingerprint density at radius 1 is 1.13 bits per heavy atom. The number of anilines is 2. The van der Waals surface area contributed by atoms with Crippen LogP contribution in [0, 0.1) is 11.8 Å². The number of hydrogen-bond donors (Lipinski definition) is 1. The van der Waals surface area contributed by atoms with Gasteiger partial charge in [0.05, 0.1) is 17.8 Å². The van der Waals surface area contributed by atoms with Crippen LogP contribution >= 0.6 is 0 Å². The maximum Gasteiger partial charge on any atom is 0.248 e. The highest BCUT2D eigenvalue weighted by molar-refractivity contribution is 7.93. The third kappa shape index (κ3) is 6.59. The largest absolute Gasteiger partial charge is 0.420 e. The van der Waals surface area contributed by atoms with E-state index in [4.69, 9.17) is 19.9 Å². The average Bonchev–Trinajstić information content (AvgIpc) is 3.41. The average molecular weight is 557 g/mol. The molecule has 1 saturated carbocycles. The Labute approximate surface area is 231 Å². The van der Waals surface area contributed by atoms with Crippen LogP contribution in [0.15, 0.2) is 46.9 Å². The summed E-state index contributed by atoms with van der Waals surface area (Å²) in [6.07, 6.45) is 1.16. The molecule has 2 aromatic heterocycles. The normalized spacial score (nSPS) is 18.7. The molecule has 0 saturated heterocycles. The summed E-state index contributed by atoms with van der Waals surface area (Å²) in [6.45, 7) is 9.42. The van der Waals surface area contributed by atoms with Crippen LogP contribution in [0.3, 0.4) is 0 Å². The van der Waals surface area contributed by atoms with E-state index in [-0.39, 0.29) is 23.7 Å². The predicted octanol–water partition coefficient (Wildman–Crippen LogP) is 4.22. The van der Waals surface area contributed by atoms with Crippen LogP contribution in [0.4, 0.5) is 11.6 Å². The zero-order valence-electron chi connectivity index (χ0n) is 23.6. The quantitative estimate of drug-likeness (QED) is 0.329. The van der Waals surface area contributed by atoms with E-state index in [2.05, 4.69) is 22.0 Å². The fourth-order valence-corrected chi connectivity index (χ4v) is 5.47. The summed E-state index contributed by atoms with van der Waals surface area (Å²) in [6, 6.07) is 13.0. The summed E-state index contributed by atoms with van der Waals surface area (Å²) in [4.78, 5) is 6.93. The van der Waals surface area contributed by atoms with Gasteiger partial charge >= 0.3 is 0 Å². The molecule has 10 nitrogen and oxygen atoms in total. The summed E-state index contributed by atoms with van der Waals surface area (Å²) in [5, 5.41) is 8.01. The van der Waals surface area contributed by atoms with Gasteiger partial charge in [0.1, 0.15) is 11.6 Å². The van der Waals surface area contributed by atoms with Crippen LogP contribution in [0.25, 0.3) is 11.5 Å². The van der Waals surface area contributed by atoms with Crippen molar-refractivity contribution in [2.45, 2.75) is 51.3 Å². The molecule has 11 heteroatoms. The lowest BCUT2D eigenvalue weighted by Crippen LogP contribution is -2.35. The molecule has 39 heavy (non-hydrogen) atoms. The van der Waals surface area contributed by atoms with E-state index in [1.165, 1.54) is 11.4 Å². The summed E-state index contributed by atoms with van der Waals surface area (Å²) < 4.78 is 38.8. The number of ether oxygens (including phenoxy) is 1. The molecule has 1 aliphatic rings. The number of sulfonamides is 1. The monoisotopic (exact) mass is 556 g/mol. The van der Waals surface area contributed by atoms with Crippen molar-refractivity contribution in [1.29, 1.82) is 0 Å². The fourth-order valence-electron chi connectivity index (χ4n) is 4.49. The Hall–Kier alpha value is -3.02. The van der Waals surface area contributed by atoms with Crippen molar-refractivity contribution in [3.05, 3.63) is 53.9 Å². The second-order valence-electron chi connectivity index (χ2n) is 10.7. The number of rotatable bonds is 13. The molecule has 0 amide bonds. The van der Waals surface area contributed by atoms with Gasteiger partial charge in [-0.2, -0.15) is 0 Å². The number of benzene rings is 1. The molecular formula is C28H40N6O4S. The second-order valence-corrected chi connectivity index (χ2v) is 13.2. The SMILES string of the molecule is COCCN(CC1CC1C)c1cc(-c2nnc([C@H](C)C(N)c3ccccc3)o2)cc(N(C)S(=O)(=O)C(C)C)n1. The fraction of sp³-hybridized carbons (Fsp3) is 0.536. The molecule has 0 radical (unpaired) electrons. The van der Waals surface area contributed by atoms with Gasteiger partial charge in [0.25, 0.3) is 0 Å². The lowest BCUT2D eigenvalue weighted by atomic mass is 9.95. The van der Waals surface area contributed by atoms with Crippen molar-refractivity contribution in [3.8, 4) is 11.5 Å². The first-order valence-electron chi connectivity index (χ1n) is 13.4. The van der Waals surface area contributed by atoms with Gasteiger partial charge in [0.2, 0.25) is 21.8 Å². The molecule has 212 valence electrons. The van der Waals surface area contributed by atoms with Gasteiger partial charge < -0.3 is 19.8 Å². The summed E-state index contributed by atoms with van der Waals surface area (Å²) >= 11 is 0. The van der Waals surface area contributed by atoms with Gasteiger partial charge in [-0.1, -0.05) is 44.2 Å². The third-order valence-electron chi connectivity index (χ3n) is 7.52. The van der Waals surface area contributed by atoms with E-state index in [1.54, 1.807) is 27.0 Å². The van der Waals surface area contributed by atoms with Crippen molar-refractivity contribution in [1.82, 2.24) is 15.2 Å². The zero-order valence-corrected chi connectivity index (χ0v) is 24.4. The standard InChI is InChI=1S/C28H40N6O4S/c1-18(2)39(35,36)33(5)24-15-22(16-25(30-24)34(12-13-37-6)17-23-14-19(23)3)28-32-31-27(38-28)20(4)26(29)21-10-8-7-9-11-21/h7-11,15-16,18-20,23,26H,12-14,17,29H2,1-6H3/t19?,20-,23?,26?/m1/s1. The van der Waals surface area contributed by atoms with Crippen LogP contribution in [0.2, 0.25) is 0 Å². The molecule has 2 heterocycles. The predicted molar refractivity (Wildman–Crippen MR) is 153 cm³/mol. The molecule has 0 aliphatic heterocycles. The molecule has 1 fully saturated rings. The van der Waals surface area contributed by atoms with Crippen molar-refractivity contribution >= 4 is 21.7 Å². The molecular weight excluding hydrogens is 516 g/mol. The molecule has 1 aliphatic carbocycles. The number of pyridine rings is 1. The highest BCUT2D eigenvalue weighted by Gasteiger charge is 2.35. The number of aromatic nitrogens is 3. The Morgan fingerprint density at radius 3 is 2.41 bits per heavy atom. The first-order chi connectivity index (χ1) is 18.5. The van der Waals surface area contributed by atoms with Crippen molar-refractivity contribution in [3.63, 3.8) is 0 Å². The summed E-state index contributed by atoms with van der Waals surface area (Å²) in [7, 11) is -0.428. The van der Waals surface area contributed by atoms with Gasteiger partial charge in [-0.15, -0.1) is 10.2 Å². The van der Waals surface area contributed by atoms with Gasteiger partial charge in [0, 0.05) is 38.9 Å². The third-order valence-corrected chi connectivity index (χ3v) is 9.66. The number of nitrogens with two attached hydrogens (primary N) is 1. The molecule has 4 rings (SSSR count). The number of methoxy groups -OCH3 is 1. The van der Waals surface area contributed by atoms with E-state index < -0.39 is 15.3 Å². The van der Waals surface area contributed by atoms with Gasteiger partial charge in [0.15, 0.2) is 0 Å². The molecule has 1 aromatic carbocycles. The van der Waals surface area contributed by atoms with E-state index in [1.807, 2.05) is 43.3 Å². The van der Waals surface area contributed by atoms with E-state index in [0.717, 1.165) is 18.5 Å². The van der Waals surface area contributed by atoms with E-state index >= 15 is 0 Å². The maximum atomic E-state index is 13.1. The first kappa shape index (κ1) is 29.0. The maximum absolute atomic E-state index is 13.1. The first-order valence-corrected chi connectivity index (χ1v) is 14.9. The summed E-state index contributed by atoms with van der Waals surface area (Å²) in [5.41, 5.74) is 8.07. The lowest BCUT2D eigenvalue weighted by Gasteiger charge is -2.27. The van der Waals surface area contributed by atoms with Gasteiger partial charge in [-0.05, 0) is 49.8 Å². The van der Waals surface area contributed by atoms with Gasteiger partial charge in [-0.3, -0.25) is 4.31 Å². The highest BCUT2D eigenvalue weighted by Crippen LogP contribution is 2.39. The topological polar surface area (TPSA) is 128 Å². The molecule has 4 atom stereocenters. The summed E-state index contributed by atoms with van der Waals surface area (Å²) in [5.74, 6) is 2.59. The Bertz CT molecular complexity index is 1350. The smallest absolute Gasteiger partial charge is 0.248 e. The lowest BCUT2D eigenvalue weighted by molar-refractivity contribution is 0.204. The number of hydrogen-bond acceptors (Lipinski definition) is 9. The van der Waals surface area contributed by atoms with E-state index in [0.29, 0.717) is 42.3 Å². The highest BCUT2D eigenvalue weighted by atomic mass is 32.2. The van der Waals surface area contributed by atoms with Gasteiger partial charge in [-0.25, -0.2) is 13.4 Å². The van der Waals surface area contributed by atoms with E-state index in [9.17, 15) is 8.42 Å². The molecule has 3 aromatic rings. The number of nitrogens with zero attached hydrogens (tertiary/aromatic N) is 5. The Morgan fingerprint density at radius 2 is 1.79 bits per heavy atom. The minimum Gasteiger partial charge on any atom is -0.420 e. The molecule has 3 unspecified atom stereocenters. The van der Waals surface area contributed by atoms with Crippen LogP contribution in [0.5, 0.6) is 0 Å². The molecule has 0 spiro atoms. The Balaban J connectivity index is 1.72. The molecule has 0 bridgehead atoms. The van der Waals surface area contributed by atoms with Crippen molar-refractivity contribution < 1.29 is 17.6 Å². The minimum atomic E-state index is -3.61. The molecule has 2 N–H and O–H groups in total. The van der Waals surface area contributed by atoms with Crippen molar-refractivity contribution in [2.75, 3.05) is 43.1 Å². The van der Waals surface area contributed by atoms with Crippen molar-refractivity contribution in [2.24, 2.45) is 17.6 Å². The second kappa shape index (κ2) is 12.0. The minimum absolute atomic E-state index is 0.229. The van der Waals surface area contributed by atoms with Crippen LogP contribution < -0.4 is 14.9 Å². The van der Waals surface area contributed by atoms with Crippen LogP contribution in [-0.4, -0.2) is 62.7 Å². The Kier molecular flexibility index (Phi) is 8.93.